The van der Waals surface area contributed by atoms with Crippen molar-refractivity contribution in [1.29, 1.82) is 0 Å². The first-order valence-electron chi connectivity index (χ1n) is 7.72. The molecule has 0 bridgehead atoms. The van der Waals surface area contributed by atoms with Crippen LogP contribution in [0.3, 0.4) is 0 Å². The molecule has 3 rings (SSSR count). The van der Waals surface area contributed by atoms with Crippen molar-refractivity contribution in [1.82, 2.24) is 4.98 Å². The van der Waals surface area contributed by atoms with Gasteiger partial charge in [0.25, 0.3) is 0 Å². The van der Waals surface area contributed by atoms with Crippen LogP contribution in [0.4, 0.5) is 10.1 Å². The summed E-state index contributed by atoms with van der Waals surface area (Å²) < 4.78 is 13.0. The molecule has 24 heavy (non-hydrogen) atoms. The molecular formula is C20H17FN2O. The van der Waals surface area contributed by atoms with Gasteiger partial charge in [0, 0.05) is 18.1 Å². The van der Waals surface area contributed by atoms with Crippen molar-refractivity contribution in [3.63, 3.8) is 0 Å². The number of amides is 1. The van der Waals surface area contributed by atoms with Crippen LogP contribution in [0, 0.1) is 5.82 Å². The predicted octanol–water partition coefficient (Wildman–Crippen LogP) is 4.19. The average Bonchev–Trinajstić information content (AvgIpc) is 2.63. The minimum absolute atomic E-state index is 0.128. The van der Waals surface area contributed by atoms with E-state index in [4.69, 9.17) is 0 Å². The Morgan fingerprint density at radius 1 is 1.00 bits per heavy atom. The van der Waals surface area contributed by atoms with Crippen LogP contribution in [-0.4, -0.2) is 10.9 Å². The third-order valence-electron chi connectivity index (χ3n) is 3.79. The van der Waals surface area contributed by atoms with E-state index in [0.29, 0.717) is 12.1 Å². The third-order valence-corrected chi connectivity index (χ3v) is 3.79. The van der Waals surface area contributed by atoms with Crippen LogP contribution >= 0.6 is 0 Å². The number of aromatic nitrogens is 1. The number of hydrogen-bond acceptors (Lipinski definition) is 2. The number of pyridine rings is 1. The van der Waals surface area contributed by atoms with E-state index in [0.717, 1.165) is 11.1 Å². The number of nitrogens with zero attached hydrogens (tertiary/aromatic N) is 1. The summed E-state index contributed by atoms with van der Waals surface area (Å²) in [6, 6.07) is 19.2. The summed E-state index contributed by atoms with van der Waals surface area (Å²) in [5, 5.41) is 2.86. The van der Waals surface area contributed by atoms with Gasteiger partial charge in [-0.05, 0) is 47.9 Å². The Kier molecular flexibility index (Phi) is 4.96. The normalized spacial score (nSPS) is 11.7. The van der Waals surface area contributed by atoms with Gasteiger partial charge < -0.3 is 5.32 Å². The second-order valence-corrected chi connectivity index (χ2v) is 5.52. The zero-order valence-electron chi connectivity index (χ0n) is 13.0. The van der Waals surface area contributed by atoms with Crippen molar-refractivity contribution in [3.8, 4) is 0 Å². The van der Waals surface area contributed by atoms with E-state index >= 15 is 0 Å². The molecule has 1 atom stereocenters. The Bertz CT molecular complexity index is 789. The molecular weight excluding hydrogens is 303 g/mol. The topological polar surface area (TPSA) is 42.0 Å². The van der Waals surface area contributed by atoms with Crippen LogP contribution in [0.15, 0.2) is 79.1 Å². The average molecular weight is 320 g/mol. The number of hydrogen-bond donors (Lipinski definition) is 1. The number of rotatable bonds is 5. The van der Waals surface area contributed by atoms with Crippen molar-refractivity contribution < 1.29 is 9.18 Å². The lowest BCUT2D eigenvalue weighted by atomic mass is 9.91. The zero-order chi connectivity index (χ0) is 16.8. The summed E-state index contributed by atoms with van der Waals surface area (Å²) in [4.78, 5) is 16.9. The monoisotopic (exact) mass is 320 g/mol. The molecule has 1 heterocycles. The second kappa shape index (κ2) is 7.51. The van der Waals surface area contributed by atoms with E-state index in [-0.39, 0.29) is 17.6 Å². The Morgan fingerprint density at radius 3 is 2.42 bits per heavy atom. The lowest BCUT2D eigenvalue weighted by Crippen LogP contribution is -2.23. The number of carbonyl (C=O) groups is 1. The summed E-state index contributed by atoms with van der Waals surface area (Å²) in [5.41, 5.74) is 2.50. The SMILES string of the molecule is O=C(Nc1ccc(F)cc1)C(Cc1cccnc1)c1ccccc1. The van der Waals surface area contributed by atoms with Gasteiger partial charge in [0.15, 0.2) is 0 Å². The highest BCUT2D eigenvalue weighted by molar-refractivity contribution is 5.96. The standard InChI is InChI=1S/C20H17FN2O/c21-17-8-10-18(11-9-17)23-20(24)19(16-6-2-1-3-7-16)13-15-5-4-12-22-14-15/h1-12,14,19H,13H2,(H,23,24). The van der Waals surface area contributed by atoms with Crippen molar-refractivity contribution in [3.05, 3.63) is 96.1 Å². The molecule has 2 aromatic carbocycles. The maximum Gasteiger partial charge on any atom is 0.232 e. The Morgan fingerprint density at radius 2 is 1.75 bits per heavy atom. The summed E-state index contributed by atoms with van der Waals surface area (Å²) >= 11 is 0. The fourth-order valence-electron chi connectivity index (χ4n) is 2.56. The molecule has 0 saturated heterocycles. The lowest BCUT2D eigenvalue weighted by Gasteiger charge is -2.17. The second-order valence-electron chi connectivity index (χ2n) is 5.52. The number of halogens is 1. The summed E-state index contributed by atoms with van der Waals surface area (Å²) in [7, 11) is 0. The first-order valence-corrected chi connectivity index (χ1v) is 7.72. The van der Waals surface area contributed by atoms with Gasteiger partial charge >= 0.3 is 0 Å². The molecule has 0 aliphatic heterocycles. The third kappa shape index (κ3) is 4.04. The number of benzene rings is 2. The van der Waals surface area contributed by atoms with E-state index in [1.807, 2.05) is 42.5 Å². The van der Waals surface area contributed by atoms with Gasteiger partial charge in [0.1, 0.15) is 5.82 Å². The molecule has 4 heteroatoms. The molecule has 1 aromatic heterocycles. The number of carbonyl (C=O) groups excluding carboxylic acids is 1. The van der Waals surface area contributed by atoms with Gasteiger partial charge in [-0.25, -0.2) is 4.39 Å². The fraction of sp³-hybridized carbons (Fsp3) is 0.100. The van der Waals surface area contributed by atoms with E-state index in [1.54, 1.807) is 24.5 Å². The van der Waals surface area contributed by atoms with Crippen molar-refractivity contribution in [2.45, 2.75) is 12.3 Å². The first-order chi connectivity index (χ1) is 11.7. The lowest BCUT2D eigenvalue weighted by molar-refractivity contribution is -0.117. The van der Waals surface area contributed by atoms with Crippen LogP contribution in [0.5, 0.6) is 0 Å². The molecule has 0 saturated carbocycles. The minimum Gasteiger partial charge on any atom is -0.326 e. The van der Waals surface area contributed by atoms with Gasteiger partial charge in [-0.15, -0.1) is 0 Å². The molecule has 3 nitrogen and oxygen atoms in total. The number of nitrogens with one attached hydrogen (secondary N) is 1. The van der Waals surface area contributed by atoms with Crippen LogP contribution in [0.25, 0.3) is 0 Å². The summed E-state index contributed by atoms with van der Waals surface area (Å²) in [5.74, 6) is -0.805. The van der Waals surface area contributed by atoms with Crippen LogP contribution in [0.2, 0.25) is 0 Å². The largest absolute Gasteiger partial charge is 0.326 e. The van der Waals surface area contributed by atoms with Crippen LogP contribution < -0.4 is 5.32 Å². The zero-order valence-corrected chi connectivity index (χ0v) is 13.0. The van der Waals surface area contributed by atoms with E-state index in [2.05, 4.69) is 10.3 Å². The maximum absolute atomic E-state index is 13.0. The van der Waals surface area contributed by atoms with Crippen LogP contribution in [-0.2, 0) is 11.2 Å². The van der Waals surface area contributed by atoms with Crippen molar-refractivity contribution in [2.24, 2.45) is 0 Å². The van der Waals surface area contributed by atoms with Gasteiger partial charge in [0.2, 0.25) is 5.91 Å². The highest BCUT2D eigenvalue weighted by Gasteiger charge is 2.21. The highest BCUT2D eigenvalue weighted by atomic mass is 19.1. The molecule has 0 aliphatic rings. The fourth-order valence-corrected chi connectivity index (χ4v) is 2.56. The molecule has 1 N–H and O–H groups in total. The Balaban J connectivity index is 1.83. The van der Waals surface area contributed by atoms with E-state index in [9.17, 15) is 9.18 Å². The van der Waals surface area contributed by atoms with Crippen molar-refractivity contribution >= 4 is 11.6 Å². The molecule has 1 unspecified atom stereocenters. The summed E-state index contributed by atoms with van der Waals surface area (Å²) in [6.45, 7) is 0. The first kappa shape index (κ1) is 15.9. The molecule has 0 fully saturated rings. The molecule has 0 aliphatic carbocycles. The van der Waals surface area contributed by atoms with E-state index in [1.165, 1.54) is 12.1 Å². The van der Waals surface area contributed by atoms with Crippen LogP contribution in [0.1, 0.15) is 17.0 Å². The Hall–Kier alpha value is -3.01. The molecule has 3 aromatic rings. The minimum atomic E-state index is -0.347. The van der Waals surface area contributed by atoms with Gasteiger partial charge in [-0.1, -0.05) is 36.4 Å². The maximum atomic E-state index is 13.0. The number of anilines is 1. The molecule has 0 radical (unpaired) electrons. The Labute approximate surface area is 140 Å². The van der Waals surface area contributed by atoms with Crippen molar-refractivity contribution in [2.75, 3.05) is 5.32 Å². The summed E-state index contributed by atoms with van der Waals surface area (Å²) in [6.07, 6.45) is 4.02. The van der Waals surface area contributed by atoms with E-state index < -0.39 is 0 Å². The van der Waals surface area contributed by atoms with Gasteiger partial charge in [0.05, 0.1) is 5.92 Å². The van der Waals surface area contributed by atoms with Gasteiger partial charge in [-0.2, -0.15) is 0 Å². The highest BCUT2D eigenvalue weighted by Crippen LogP contribution is 2.23. The molecule has 120 valence electrons. The quantitative estimate of drug-likeness (QED) is 0.766. The van der Waals surface area contributed by atoms with Gasteiger partial charge in [-0.3, -0.25) is 9.78 Å². The molecule has 1 amide bonds. The smallest absolute Gasteiger partial charge is 0.232 e. The molecule has 0 spiro atoms. The predicted molar refractivity (Wildman–Crippen MR) is 92.2 cm³/mol.